The van der Waals surface area contributed by atoms with Crippen molar-refractivity contribution in [2.45, 2.75) is 33.3 Å². The van der Waals surface area contributed by atoms with Crippen LogP contribution in [0.15, 0.2) is 24.3 Å². The lowest BCUT2D eigenvalue weighted by molar-refractivity contribution is -0.135. The molecule has 2 N–H and O–H groups in total. The van der Waals surface area contributed by atoms with Crippen molar-refractivity contribution in [2.75, 3.05) is 16.8 Å². The number of benzene rings is 1. The van der Waals surface area contributed by atoms with Crippen molar-refractivity contribution < 1.29 is 24.2 Å². The van der Waals surface area contributed by atoms with Crippen molar-refractivity contribution in [3.63, 3.8) is 0 Å². The molecule has 1 rings (SSSR count). The Morgan fingerprint density at radius 2 is 1.73 bits per heavy atom. The van der Waals surface area contributed by atoms with Gasteiger partial charge in [-0.1, -0.05) is 0 Å². The molecule has 0 aliphatic heterocycles. The Bertz CT molecular complexity index is 560. The molecule has 0 aromatic heterocycles. The van der Waals surface area contributed by atoms with E-state index in [-0.39, 0.29) is 5.91 Å². The number of amides is 2. The molecule has 0 atom stereocenters. The minimum Gasteiger partial charge on any atom is -0.480 e. The third kappa shape index (κ3) is 5.82. The second-order valence-corrected chi connectivity index (χ2v) is 5.69. The van der Waals surface area contributed by atoms with E-state index >= 15 is 0 Å². The van der Waals surface area contributed by atoms with Gasteiger partial charge in [0.1, 0.15) is 12.1 Å². The first-order chi connectivity index (χ1) is 10.1. The van der Waals surface area contributed by atoms with E-state index in [2.05, 4.69) is 5.32 Å². The highest BCUT2D eigenvalue weighted by molar-refractivity contribution is 5.94. The number of hydrogen-bond acceptors (Lipinski definition) is 4. The van der Waals surface area contributed by atoms with Crippen molar-refractivity contribution in [3.05, 3.63) is 24.3 Å². The molecule has 0 spiro atoms. The molecule has 7 heteroatoms. The van der Waals surface area contributed by atoms with Crippen LogP contribution in [0.4, 0.5) is 16.2 Å². The summed E-state index contributed by atoms with van der Waals surface area (Å²) in [5.41, 5.74) is 0.186. The topological polar surface area (TPSA) is 95.9 Å². The maximum atomic E-state index is 12.1. The van der Waals surface area contributed by atoms with E-state index in [1.165, 1.54) is 19.1 Å². The van der Waals surface area contributed by atoms with Gasteiger partial charge in [0, 0.05) is 18.3 Å². The van der Waals surface area contributed by atoms with Crippen LogP contribution in [0, 0.1) is 0 Å². The number of anilines is 2. The summed E-state index contributed by atoms with van der Waals surface area (Å²) in [5.74, 6) is -1.38. The lowest BCUT2D eigenvalue weighted by atomic mass is 10.2. The normalized spacial score (nSPS) is 10.7. The van der Waals surface area contributed by atoms with E-state index in [4.69, 9.17) is 9.84 Å². The first-order valence-corrected chi connectivity index (χ1v) is 6.68. The fourth-order valence-electron chi connectivity index (χ4n) is 1.64. The Hall–Kier alpha value is -2.57. The lowest BCUT2D eigenvalue weighted by Crippen LogP contribution is -2.40. The maximum Gasteiger partial charge on any atom is 0.415 e. The smallest absolute Gasteiger partial charge is 0.415 e. The molecular formula is C15H20N2O5. The number of carbonyl (C=O) groups excluding carboxylic acids is 2. The molecule has 0 fully saturated rings. The second-order valence-electron chi connectivity index (χ2n) is 5.69. The van der Waals surface area contributed by atoms with Crippen molar-refractivity contribution >= 4 is 29.3 Å². The molecule has 0 saturated carbocycles. The predicted molar refractivity (Wildman–Crippen MR) is 82.0 cm³/mol. The molecule has 2 amide bonds. The first kappa shape index (κ1) is 17.5. The summed E-state index contributed by atoms with van der Waals surface area (Å²) in [6, 6.07) is 6.24. The summed E-state index contributed by atoms with van der Waals surface area (Å²) < 4.78 is 5.20. The van der Waals surface area contributed by atoms with Crippen LogP contribution < -0.4 is 10.2 Å². The molecule has 7 nitrogen and oxygen atoms in total. The van der Waals surface area contributed by atoms with Gasteiger partial charge in [0.05, 0.1) is 0 Å². The lowest BCUT2D eigenvalue weighted by Gasteiger charge is -2.26. The molecule has 0 heterocycles. The molecule has 1 aromatic carbocycles. The number of hydrogen-bond donors (Lipinski definition) is 2. The Balaban J connectivity index is 2.98. The van der Waals surface area contributed by atoms with Crippen molar-refractivity contribution in [1.29, 1.82) is 0 Å². The third-order valence-electron chi connectivity index (χ3n) is 2.41. The number of carbonyl (C=O) groups is 3. The number of carboxylic acids is 1. The highest BCUT2D eigenvalue weighted by atomic mass is 16.6. The Kier molecular flexibility index (Phi) is 5.50. The number of carboxylic acid groups (broad SMARTS) is 1. The van der Waals surface area contributed by atoms with E-state index < -0.39 is 24.2 Å². The van der Waals surface area contributed by atoms with Crippen molar-refractivity contribution in [2.24, 2.45) is 0 Å². The molecule has 0 radical (unpaired) electrons. The van der Waals surface area contributed by atoms with Gasteiger partial charge in [0.2, 0.25) is 5.91 Å². The van der Waals surface area contributed by atoms with E-state index in [0.717, 1.165) is 4.90 Å². The monoisotopic (exact) mass is 308 g/mol. The van der Waals surface area contributed by atoms with Crippen LogP contribution in [0.25, 0.3) is 0 Å². The van der Waals surface area contributed by atoms with Gasteiger partial charge in [-0.25, -0.2) is 4.79 Å². The fraction of sp³-hybridized carbons (Fsp3) is 0.400. The van der Waals surface area contributed by atoms with Gasteiger partial charge in [0.25, 0.3) is 0 Å². The molecule has 0 saturated heterocycles. The summed E-state index contributed by atoms with van der Waals surface area (Å²) >= 11 is 0. The average molecular weight is 308 g/mol. The van der Waals surface area contributed by atoms with Gasteiger partial charge in [-0.2, -0.15) is 0 Å². The van der Waals surface area contributed by atoms with Crippen LogP contribution in [0.5, 0.6) is 0 Å². The SMILES string of the molecule is CC(=O)Nc1ccc(N(CC(=O)O)C(=O)OC(C)(C)C)cc1. The fourth-order valence-corrected chi connectivity index (χ4v) is 1.64. The number of aliphatic carboxylic acids is 1. The molecular weight excluding hydrogens is 288 g/mol. The van der Waals surface area contributed by atoms with Gasteiger partial charge < -0.3 is 15.2 Å². The maximum absolute atomic E-state index is 12.1. The highest BCUT2D eigenvalue weighted by Crippen LogP contribution is 2.20. The Labute approximate surface area is 128 Å². The van der Waals surface area contributed by atoms with Crippen LogP contribution in [0.1, 0.15) is 27.7 Å². The molecule has 0 unspecified atom stereocenters. The number of rotatable bonds is 4. The largest absolute Gasteiger partial charge is 0.480 e. The molecule has 0 aliphatic carbocycles. The minimum absolute atomic E-state index is 0.220. The summed E-state index contributed by atoms with van der Waals surface area (Å²) in [5, 5.41) is 11.5. The summed E-state index contributed by atoms with van der Waals surface area (Å²) in [6.45, 7) is 5.96. The van der Waals surface area contributed by atoms with Crippen LogP contribution in [-0.2, 0) is 14.3 Å². The predicted octanol–water partition coefficient (Wildman–Crippen LogP) is 2.47. The van der Waals surface area contributed by atoms with Crippen molar-refractivity contribution in [1.82, 2.24) is 0 Å². The Morgan fingerprint density at radius 3 is 2.14 bits per heavy atom. The van der Waals surface area contributed by atoms with E-state index in [1.807, 2.05) is 0 Å². The Morgan fingerprint density at radius 1 is 1.18 bits per heavy atom. The van der Waals surface area contributed by atoms with Crippen LogP contribution in [0.2, 0.25) is 0 Å². The second kappa shape index (κ2) is 6.93. The van der Waals surface area contributed by atoms with Gasteiger partial charge in [-0.15, -0.1) is 0 Å². The van der Waals surface area contributed by atoms with E-state index in [9.17, 15) is 14.4 Å². The summed E-state index contributed by atoms with van der Waals surface area (Å²) in [7, 11) is 0. The average Bonchev–Trinajstić information content (AvgIpc) is 2.34. The molecule has 120 valence electrons. The zero-order chi connectivity index (χ0) is 16.9. The quantitative estimate of drug-likeness (QED) is 0.890. The zero-order valence-electron chi connectivity index (χ0n) is 13.0. The third-order valence-corrected chi connectivity index (χ3v) is 2.41. The van der Waals surface area contributed by atoms with Gasteiger partial charge in [-0.3, -0.25) is 14.5 Å². The van der Waals surface area contributed by atoms with E-state index in [0.29, 0.717) is 11.4 Å². The van der Waals surface area contributed by atoms with Crippen LogP contribution >= 0.6 is 0 Å². The van der Waals surface area contributed by atoms with E-state index in [1.54, 1.807) is 32.9 Å². The zero-order valence-corrected chi connectivity index (χ0v) is 13.0. The standard InChI is InChI=1S/C15H20N2O5/c1-10(18)16-11-5-7-12(8-6-11)17(9-13(19)20)14(21)22-15(2,3)4/h5-8H,9H2,1-4H3,(H,16,18)(H,19,20). The first-order valence-electron chi connectivity index (χ1n) is 6.68. The molecule has 22 heavy (non-hydrogen) atoms. The number of nitrogens with zero attached hydrogens (tertiary/aromatic N) is 1. The van der Waals surface area contributed by atoms with Crippen LogP contribution in [0.3, 0.4) is 0 Å². The van der Waals surface area contributed by atoms with Gasteiger partial charge >= 0.3 is 12.1 Å². The molecule has 0 aliphatic rings. The highest BCUT2D eigenvalue weighted by Gasteiger charge is 2.25. The van der Waals surface area contributed by atoms with Crippen molar-refractivity contribution in [3.8, 4) is 0 Å². The minimum atomic E-state index is -1.16. The van der Waals surface area contributed by atoms with Gasteiger partial charge in [-0.05, 0) is 45.0 Å². The van der Waals surface area contributed by atoms with Gasteiger partial charge in [0.15, 0.2) is 0 Å². The summed E-state index contributed by atoms with van der Waals surface area (Å²) in [4.78, 5) is 35.1. The number of ether oxygens (including phenoxy) is 1. The molecule has 0 bridgehead atoms. The molecule has 1 aromatic rings. The number of nitrogens with one attached hydrogen (secondary N) is 1. The summed E-state index contributed by atoms with van der Waals surface area (Å²) in [6.07, 6.45) is -0.748. The van der Waals surface area contributed by atoms with Crippen LogP contribution in [-0.4, -0.2) is 35.2 Å².